The monoisotopic (exact) mass is 215 g/mol. The Hall–Kier alpha value is -1.26. The molecule has 0 amide bonds. The highest BCUT2D eigenvalue weighted by atomic mass is 14.9. The molecule has 0 fully saturated rings. The first-order valence-corrected chi connectivity index (χ1v) is 6.00. The molecule has 0 spiro atoms. The van der Waals surface area contributed by atoms with E-state index in [1.807, 2.05) is 6.92 Å². The van der Waals surface area contributed by atoms with E-state index < -0.39 is 0 Å². The largest absolute Gasteiger partial charge is 0.313 e. The van der Waals surface area contributed by atoms with Crippen molar-refractivity contribution in [1.82, 2.24) is 5.32 Å². The van der Waals surface area contributed by atoms with E-state index in [2.05, 4.69) is 54.4 Å². The van der Waals surface area contributed by atoms with Gasteiger partial charge >= 0.3 is 0 Å². The third-order valence-electron chi connectivity index (χ3n) is 2.63. The number of hydrogen-bond donors (Lipinski definition) is 1. The summed E-state index contributed by atoms with van der Waals surface area (Å²) >= 11 is 0. The highest BCUT2D eigenvalue weighted by Crippen LogP contribution is 2.04. The van der Waals surface area contributed by atoms with Crippen molar-refractivity contribution in [3.8, 4) is 11.8 Å². The molecule has 0 saturated heterocycles. The molecule has 0 radical (unpaired) electrons. The first kappa shape index (κ1) is 12.8. The van der Waals surface area contributed by atoms with Gasteiger partial charge in [0.2, 0.25) is 0 Å². The number of nitrogens with one attached hydrogen (secondary N) is 1. The first-order chi connectivity index (χ1) is 7.83. The van der Waals surface area contributed by atoms with E-state index >= 15 is 0 Å². The zero-order valence-electron chi connectivity index (χ0n) is 10.3. The predicted molar refractivity (Wildman–Crippen MR) is 70.3 cm³/mol. The molecule has 1 nitrogen and oxygen atoms in total. The molecule has 0 saturated carbocycles. The van der Waals surface area contributed by atoms with Crippen molar-refractivity contribution in [1.29, 1.82) is 0 Å². The van der Waals surface area contributed by atoms with E-state index in [1.54, 1.807) is 0 Å². The number of rotatable bonds is 6. The summed E-state index contributed by atoms with van der Waals surface area (Å²) in [6.07, 6.45) is 3.28. The Morgan fingerprint density at radius 2 is 2.00 bits per heavy atom. The van der Waals surface area contributed by atoms with Crippen LogP contribution in [0.15, 0.2) is 30.3 Å². The van der Waals surface area contributed by atoms with Crippen LogP contribution in [0.4, 0.5) is 0 Å². The van der Waals surface area contributed by atoms with Gasteiger partial charge in [-0.3, -0.25) is 0 Å². The molecule has 0 aromatic heterocycles. The normalized spacial score (nSPS) is 11.6. The van der Waals surface area contributed by atoms with Crippen LogP contribution in [0, 0.1) is 11.8 Å². The minimum atomic E-state index is 0.568. The molecule has 1 unspecified atom stereocenters. The van der Waals surface area contributed by atoms with Crippen molar-refractivity contribution in [3.05, 3.63) is 35.9 Å². The molecule has 1 aromatic rings. The standard InChI is InChI=1S/C15H21N/c1-3-4-8-13-16-14(2)11-12-15-9-6-5-7-10-15/h5-7,9-10,14,16H,8,11-13H2,1-2H3. The van der Waals surface area contributed by atoms with Gasteiger partial charge in [0.05, 0.1) is 0 Å². The minimum absolute atomic E-state index is 0.568. The number of hydrogen-bond acceptors (Lipinski definition) is 1. The van der Waals surface area contributed by atoms with Gasteiger partial charge in [-0.15, -0.1) is 11.8 Å². The van der Waals surface area contributed by atoms with Crippen molar-refractivity contribution in [2.45, 2.75) is 39.2 Å². The number of benzene rings is 1. The zero-order valence-corrected chi connectivity index (χ0v) is 10.3. The lowest BCUT2D eigenvalue weighted by molar-refractivity contribution is 0.522. The molecule has 1 heteroatoms. The summed E-state index contributed by atoms with van der Waals surface area (Å²) in [5.41, 5.74) is 1.42. The maximum absolute atomic E-state index is 3.49. The van der Waals surface area contributed by atoms with Gasteiger partial charge < -0.3 is 5.32 Å². The minimum Gasteiger partial charge on any atom is -0.313 e. The lowest BCUT2D eigenvalue weighted by Gasteiger charge is -2.12. The van der Waals surface area contributed by atoms with E-state index in [0.29, 0.717) is 6.04 Å². The van der Waals surface area contributed by atoms with Gasteiger partial charge in [-0.05, 0) is 32.3 Å². The quantitative estimate of drug-likeness (QED) is 0.568. The van der Waals surface area contributed by atoms with E-state index in [1.165, 1.54) is 12.0 Å². The van der Waals surface area contributed by atoms with E-state index in [9.17, 15) is 0 Å². The third kappa shape index (κ3) is 5.58. The maximum Gasteiger partial charge on any atom is 0.0214 e. The van der Waals surface area contributed by atoms with Gasteiger partial charge in [-0.25, -0.2) is 0 Å². The second-order valence-electron chi connectivity index (χ2n) is 4.06. The lowest BCUT2D eigenvalue weighted by Crippen LogP contribution is -2.27. The molecule has 16 heavy (non-hydrogen) atoms. The van der Waals surface area contributed by atoms with Gasteiger partial charge in [0, 0.05) is 19.0 Å². The first-order valence-electron chi connectivity index (χ1n) is 6.00. The Labute approximate surface area is 99.3 Å². The maximum atomic E-state index is 3.49. The summed E-state index contributed by atoms with van der Waals surface area (Å²) in [4.78, 5) is 0. The Balaban J connectivity index is 2.14. The van der Waals surface area contributed by atoms with Crippen LogP contribution in [0.1, 0.15) is 32.3 Å². The smallest absolute Gasteiger partial charge is 0.0214 e. The van der Waals surface area contributed by atoms with Crippen LogP contribution < -0.4 is 5.32 Å². The fourth-order valence-electron chi connectivity index (χ4n) is 1.64. The van der Waals surface area contributed by atoms with Crippen LogP contribution in [0.5, 0.6) is 0 Å². The Bertz CT molecular complexity index is 331. The molecule has 0 bridgehead atoms. The highest BCUT2D eigenvalue weighted by Gasteiger charge is 2.00. The SMILES string of the molecule is CC#CCCNC(C)CCc1ccccc1. The van der Waals surface area contributed by atoms with E-state index in [0.717, 1.165) is 19.4 Å². The summed E-state index contributed by atoms with van der Waals surface area (Å²) < 4.78 is 0. The Morgan fingerprint density at radius 3 is 2.69 bits per heavy atom. The fraction of sp³-hybridized carbons (Fsp3) is 0.467. The van der Waals surface area contributed by atoms with Crippen molar-refractivity contribution in [2.24, 2.45) is 0 Å². The summed E-state index contributed by atoms with van der Waals surface area (Å²) in [6.45, 7) is 5.12. The molecule has 86 valence electrons. The second-order valence-corrected chi connectivity index (χ2v) is 4.06. The molecule has 0 aliphatic carbocycles. The number of aryl methyl sites for hydroxylation is 1. The van der Waals surface area contributed by atoms with Crippen LogP contribution in [0.2, 0.25) is 0 Å². The molecule has 1 atom stereocenters. The Morgan fingerprint density at radius 1 is 1.25 bits per heavy atom. The van der Waals surface area contributed by atoms with Gasteiger partial charge in [-0.2, -0.15) is 0 Å². The zero-order chi connectivity index (χ0) is 11.6. The molecule has 0 heterocycles. The predicted octanol–water partition coefficient (Wildman–Crippen LogP) is 3.01. The molecule has 0 aliphatic rings. The lowest BCUT2D eigenvalue weighted by atomic mass is 10.1. The molecular formula is C15H21N. The molecule has 1 rings (SSSR count). The third-order valence-corrected chi connectivity index (χ3v) is 2.63. The summed E-state index contributed by atoms with van der Waals surface area (Å²) in [5.74, 6) is 5.97. The topological polar surface area (TPSA) is 12.0 Å². The van der Waals surface area contributed by atoms with Gasteiger partial charge in [-0.1, -0.05) is 30.3 Å². The van der Waals surface area contributed by atoms with Crippen LogP contribution in [0.25, 0.3) is 0 Å². The molecule has 1 aromatic carbocycles. The van der Waals surface area contributed by atoms with E-state index in [4.69, 9.17) is 0 Å². The summed E-state index contributed by atoms with van der Waals surface area (Å²) in [7, 11) is 0. The van der Waals surface area contributed by atoms with Gasteiger partial charge in [0.1, 0.15) is 0 Å². The average Bonchev–Trinajstić information content (AvgIpc) is 2.33. The van der Waals surface area contributed by atoms with Crippen LogP contribution in [0.3, 0.4) is 0 Å². The fourth-order valence-corrected chi connectivity index (χ4v) is 1.64. The summed E-state index contributed by atoms with van der Waals surface area (Å²) in [5, 5.41) is 3.49. The van der Waals surface area contributed by atoms with Crippen LogP contribution in [-0.4, -0.2) is 12.6 Å². The molecule has 0 aliphatic heterocycles. The second kappa shape index (κ2) is 7.96. The molecule has 1 N–H and O–H groups in total. The van der Waals surface area contributed by atoms with Crippen molar-refractivity contribution in [3.63, 3.8) is 0 Å². The van der Waals surface area contributed by atoms with Gasteiger partial charge in [0.25, 0.3) is 0 Å². The van der Waals surface area contributed by atoms with Crippen molar-refractivity contribution in [2.75, 3.05) is 6.54 Å². The van der Waals surface area contributed by atoms with Crippen LogP contribution >= 0.6 is 0 Å². The molecular weight excluding hydrogens is 194 g/mol. The van der Waals surface area contributed by atoms with Gasteiger partial charge in [0.15, 0.2) is 0 Å². The van der Waals surface area contributed by atoms with Crippen molar-refractivity contribution >= 4 is 0 Å². The van der Waals surface area contributed by atoms with Crippen LogP contribution in [-0.2, 0) is 6.42 Å². The Kier molecular flexibility index (Phi) is 6.37. The summed E-state index contributed by atoms with van der Waals surface area (Å²) in [6, 6.07) is 11.2. The van der Waals surface area contributed by atoms with Crippen molar-refractivity contribution < 1.29 is 0 Å². The highest BCUT2D eigenvalue weighted by molar-refractivity contribution is 5.14. The van der Waals surface area contributed by atoms with E-state index in [-0.39, 0.29) is 0 Å². The average molecular weight is 215 g/mol.